The van der Waals surface area contributed by atoms with Crippen molar-refractivity contribution in [2.75, 3.05) is 0 Å². The van der Waals surface area contributed by atoms with Gasteiger partial charge in [0.25, 0.3) is 0 Å². The average Bonchev–Trinajstić information content (AvgIpc) is 2.70. The van der Waals surface area contributed by atoms with Crippen LogP contribution in [0, 0.1) is 5.82 Å². The highest BCUT2D eigenvalue weighted by Crippen LogP contribution is 2.23. The van der Waals surface area contributed by atoms with E-state index in [4.69, 9.17) is 0 Å². The molecule has 0 aliphatic rings. The minimum absolute atomic E-state index is 0.241. The van der Waals surface area contributed by atoms with Crippen LogP contribution in [0.5, 0.6) is 0 Å². The number of halogens is 1. The second-order valence-electron chi connectivity index (χ2n) is 3.19. The molecule has 0 radical (unpaired) electrons. The highest BCUT2D eigenvalue weighted by molar-refractivity contribution is 5.42. The van der Waals surface area contributed by atoms with Gasteiger partial charge in [-0.1, -0.05) is 12.1 Å². The minimum Gasteiger partial charge on any atom is -0.389 e. The van der Waals surface area contributed by atoms with E-state index in [1.807, 2.05) is 0 Å². The maximum Gasteiger partial charge on any atom is 0.149 e. The van der Waals surface area contributed by atoms with Gasteiger partial charge in [0.05, 0.1) is 6.10 Å². The average molecular weight is 207 g/mol. The molecule has 78 valence electrons. The van der Waals surface area contributed by atoms with E-state index in [9.17, 15) is 9.50 Å². The van der Waals surface area contributed by atoms with Crippen LogP contribution in [0.3, 0.4) is 0 Å². The Balaban J connectivity index is 2.63. The Labute approximate surface area is 86.0 Å². The van der Waals surface area contributed by atoms with E-state index in [1.165, 1.54) is 23.4 Å². The Bertz CT molecular complexity index is 454. The molecule has 0 aliphatic carbocycles. The summed E-state index contributed by atoms with van der Waals surface area (Å²) < 4.78 is 14.9. The first-order chi connectivity index (χ1) is 7.20. The molecule has 2 aromatic rings. The fourth-order valence-electron chi connectivity index (χ4n) is 1.43. The van der Waals surface area contributed by atoms with Crippen LogP contribution in [0.15, 0.2) is 30.9 Å². The predicted octanol–water partition coefficient (Wildman–Crippen LogP) is 1.46. The standard InChI is InChI=1S/C10H10FN3O/c1-7(15)8-3-2-4-9(11)10(8)14-6-12-5-13-14/h2-7,15H,1H3/t7-/m0/s1. The molecule has 0 unspecified atom stereocenters. The molecule has 0 saturated carbocycles. The van der Waals surface area contributed by atoms with Crippen LogP contribution in [-0.4, -0.2) is 19.9 Å². The Kier molecular flexibility index (Phi) is 2.47. The van der Waals surface area contributed by atoms with Gasteiger partial charge in [0.2, 0.25) is 0 Å². The lowest BCUT2D eigenvalue weighted by Crippen LogP contribution is -2.05. The van der Waals surface area contributed by atoms with Gasteiger partial charge in [-0.2, -0.15) is 5.10 Å². The molecule has 1 heterocycles. The molecule has 1 atom stereocenters. The summed E-state index contributed by atoms with van der Waals surface area (Å²) in [5.41, 5.74) is 0.727. The van der Waals surface area contributed by atoms with Crippen LogP contribution in [0.25, 0.3) is 5.69 Å². The summed E-state index contributed by atoms with van der Waals surface area (Å²) in [4.78, 5) is 3.74. The third kappa shape index (κ3) is 1.73. The molecule has 0 amide bonds. The maximum atomic E-state index is 13.6. The molecule has 0 aliphatic heterocycles. The Morgan fingerprint density at radius 1 is 1.47 bits per heavy atom. The second-order valence-corrected chi connectivity index (χ2v) is 3.19. The summed E-state index contributed by atoms with van der Waals surface area (Å²) in [5.74, 6) is -0.432. The third-order valence-corrected chi connectivity index (χ3v) is 2.12. The number of aliphatic hydroxyl groups is 1. The summed E-state index contributed by atoms with van der Waals surface area (Å²) in [7, 11) is 0. The van der Waals surface area contributed by atoms with Crippen molar-refractivity contribution >= 4 is 0 Å². The number of aliphatic hydroxyl groups excluding tert-OH is 1. The van der Waals surface area contributed by atoms with Crippen molar-refractivity contribution in [3.05, 3.63) is 42.2 Å². The third-order valence-electron chi connectivity index (χ3n) is 2.12. The fourth-order valence-corrected chi connectivity index (χ4v) is 1.43. The number of nitrogens with zero attached hydrogens (tertiary/aromatic N) is 3. The normalized spacial score (nSPS) is 12.7. The fraction of sp³-hybridized carbons (Fsp3) is 0.200. The first kappa shape index (κ1) is 9.79. The summed E-state index contributed by atoms with van der Waals surface area (Å²) in [5, 5.41) is 13.3. The van der Waals surface area contributed by atoms with Gasteiger partial charge >= 0.3 is 0 Å². The first-order valence-electron chi connectivity index (χ1n) is 4.51. The topological polar surface area (TPSA) is 50.9 Å². The van der Waals surface area contributed by atoms with Crippen LogP contribution in [0.2, 0.25) is 0 Å². The van der Waals surface area contributed by atoms with Gasteiger partial charge < -0.3 is 5.11 Å². The Morgan fingerprint density at radius 3 is 2.87 bits per heavy atom. The molecule has 0 saturated heterocycles. The van der Waals surface area contributed by atoms with Crippen molar-refractivity contribution in [3.63, 3.8) is 0 Å². The lowest BCUT2D eigenvalue weighted by atomic mass is 10.1. The Hall–Kier alpha value is -1.75. The smallest absolute Gasteiger partial charge is 0.149 e. The van der Waals surface area contributed by atoms with E-state index in [0.29, 0.717) is 5.56 Å². The molecule has 1 aromatic heterocycles. The van der Waals surface area contributed by atoms with Gasteiger partial charge in [0, 0.05) is 5.56 Å². The number of hydrogen-bond acceptors (Lipinski definition) is 3. The van der Waals surface area contributed by atoms with Crippen LogP contribution in [0.1, 0.15) is 18.6 Å². The number of hydrogen-bond donors (Lipinski definition) is 1. The summed E-state index contributed by atoms with van der Waals surface area (Å²) in [6, 6.07) is 4.53. The van der Waals surface area contributed by atoms with Crippen LogP contribution >= 0.6 is 0 Å². The van der Waals surface area contributed by atoms with Crippen LogP contribution in [-0.2, 0) is 0 Å². The van der Waals surface area contributed by atoms with Crippen molar-refractivity contribution in [2.24, 2.45) is 0 Å². The molecule has 0 bridgehead atoms. The van der Waals surface area contributed by atoms with Gasteiger partial charge in [-0.3, -0.25) is 0 Å². The quantitative estimate of drug-likeness (QED) is 0.811. The lowest BCUT2D eigenvalue weighted by molar-refractivity contribution is 0.198. The zero-order chi connectivity index (χ0) is 10.8. The zero-order valence-corrected chi connectivity index (χ0v) is 8.13. The molecule has 0 spiro atoms. The number of benzene rings is 1. The Morgan fingerprint density at radius 2 is 2.27 bits per heavy atom. The summed E-state index contributed by atoms with van der Waals surface area (Å²) in [6.07, 6.45) is 1.96. The van der Waals surface area contributed by atoms with Gasteiger partial charge in [0.1, 0.15) is 24.2 Å². The molecule has 0 fully saturated rings. The summed E-state index contributed by atoms with van der Waals surface area (Å²) in [6.45, 7) is 1.58. The number of rotatable bonds is 2. The van der Waals surface area contributed by atoms with E-state index in [2.05, 4.69) is 10.1 Å². The van der Waals surface area contributed by atoms with E-state index in [-0.39, 0.29) is 5.69 Å². The van der Waals surface area contributed by atoms with Crippen LogP contribution < -0.4 is 0 Å². The molecule has 2 rings (SSSR count). The minimum atomic E-state index is -0.750. The number of para-hydroxylation sites is 1. The highest BCUT2D eigenvalue weighted by atomic mass is 19.1. The van der Waals surface area contributed by atoms with Crippen molar-refractivity contribution < 1.29 is 9.50 Å². The predicted molar refractivity (Wildman–Crippen MR) is 52.0 cm³/mol. The SMILES string of the molecule is C[C@H](O)c1cccc(F)c1-n1cncn1. The van der Waals surface area contributed by atoms with E-state index < -0.39 is 11.9 Å². The maximum absolute atomic E-state index is 13.6. The second kappa shape index (κ2) is 3.78. The molecular weight excluding hydrogens is 197 g/mol. The summed E-state index contributed by atoms with van der Waals surface area (Å²) >= 11 is 0. The molecule has 15 heavy (non-hydrogen) atoms. The van der Waals surface area contributed by atoms with Gasteiger partial charge in [-0.05, 0) is 13.0 Å². The highest BCUT2D eigenvalue weighted by Gasteiger charge is 2.14. The van der Waals surface area contributed by atoms with Gasteiger partial charge in [-0.25, -0.2) is 14.1 Å². The lowest BCUT2D eigenvalue weighted by Gasteiger charge is -2.11. The van der Waals surface area contributed by atoms with E-state index >= 15 is 0 Å². The molecule has 1 aromatic carbocycles. The zero-order valence-electron chi connectivity index (χ0n) is 8.13. The van der Waals surface area contributed by atoms with Crippen molar-refractivity contribution in [1.29, 1.82) is 0 Å². The van der Waals surface area contributed by atoms with E-state index in [0.717, 1.165) is 0 Å². The van der Waals surface area contributed by atoms with Gasteiger partial charge in [0.15, 0.2) is 0 Å². The molecule has 5 heteroatoms. The molecular formula is C10H10FN3O. The largest absolute Gasteiger partial charge is 0.389 e. The van der Waals surface area contributed by atoms with Crippen molar-refractivity contribution in [2.45, 2.75) is 13.0 Å². The molecule has 1 N–H and O–H groups in total. The number of aromatic nitrogens is 3. The first-order valence-corrected chi connectivity index (χ1v) is 4.51. The van der Waals surface area contributed by atoms with Gasteiger partial charge in [-0.15, -0.1) is 0 Å². The monoisotopic (exact) mass is 207 g/mol. The van der Waals surface area contributed by atoms with Crippen molar-refractivity contribution in [3.8, 4) is 5.69 Å². The molecule has 4 nitrogen and oxygen atoms in total. The van der Waals surface area contributed by atoms with E-state index in [1.54, 1.807) is 19.1 Å². The van der Waals surface area contributed by atoms with Crippen LogP contribution in [0.4, 0.5) is 4.39 Å². The van der Waals surface area contributed by atoms with Crippen molar-refractivity contribution in [1.82, 2.24) is 14.8 Å².